The average Bonchev–Trinajstić information content (AvgIpc) is 2.41. The topological polar surface area (TPSA) is 90.2 Å². The van der Waals surface area contributed by atoms with Gasteiger partial charge in [-0.2, -0.15) is 4.98 Å². The number of para-hydroxylation sites is 2. The summed E-state index contributed by atoms with van der Waals surface area (Å²) in [7, 11) is 0. The highest BCUT2D eigenvalue weighted by atomic mass is 35.5. The van der Waals surface area contributed by atoms with E-state index in [9.17, 15) is 10.1 Å². The van der Waals surface area contributed by atoms with Gasteiger partial charge in [0.1, 0.15) is 11.9 Å². The lowest BCUT2D eigenvalue weighted by molar-refractivity contribution is -0.384. The number of nitrogens with zero attached hydrogens (tertiary/aromatic N) is 3. The van der Waals surface area contributed by atoms with Crippen LogP contribution in [-0.2, 0) is 0 Å². The molecule has 0 atom stereocenters. The van der Waals surface area contributed by atoms with E-state index in [2.05, 4.69) is 15.3 Å². The molecule has 0 amide bonds. The van der Waals surface area contributed by atoms with Crippen LogP contribution in [0.2, 0.25) is 5.28 Å². The maximum Gasteiger partial charge on any atom is 0.329 e. The highest BCUT2D eigenvalue weighted by Crippen LogP contribution is 2.31. The van der Waals surface area contributed by atoms with E-state index in [4.69, 9.17) is 16.3 Å². The first-order valence-electron chi connectivity index (χ1n) is 5.77. The van der Waals surface area contributed by atoms with Gasteiger partial charge in [0.05, 0.1) is 17.2 Å². The van der Waals surface area contributed by atoms with Gasteiger partial charge in [-0.25, -0.2) is 4.98 Å². The molecule has 1 N–H and O–H groups in total. The van der Waals surface area contributed by atoms with Gasteiger partial charge in [0.2, 0.25) is 11.1 Å². The van der Waals surface area contributed by atoms with E-state index < -0.39 is 4.92 Å². The molecule has 0 aliphatic heterocycles. The Bertz CT molecular complexity index is 636. The number of ether oxygens (including phenoxy) is 1. The minimum Gasteiger partial charge on any atom is -0.492 e. The molecule has 0 aliphatic rings. The SMILES string of the molecule is CCOc1ccccc1Nc1nc(Cl)ncc1[N+](=O)[O-]. The van der Waals surface area contributed by atoms with E-state index in [1.807, 2.05) is 6.92 Å². The summed E-state index contributed by atoms with van der Waals surface area (Å²) in [5.41, 5.74) is 0.299. The second-order valence-corrected chi connectivity index (χ2v) is 4.02. The molecule has 0 unspecified atom stereocenters. The van der Waals surface area contributed by atoms with Crippen LogP contribution >= 0.6 is 11.6 Å². The molecule has 0 bridgehead atoms. The van der Waals surface area contributed by atoms with Crippen molar-refractivity contribution in [3.05, 3.63) is 45.9 Å². The van der Waals surface area contributed by atoms with E-state index in [1.54, 1.807) is 24.3 Å². The third-order valence-electron chi connectivity index (χ3n) is 2.38. The summed E-state index contributed by atoms with van der Waals surface area (Å²) in [4.78, 5) is 17.8. The van der Waals surface area contributed by atoms with Crippen molar-refractivity contribution < 1.29 is 9.66 Å². The zero-order valence-corrected chi connectivity index (χ0v) is 11.3. The predicted octanol–water partition coefficient (Wildman–Crippen LogP) is 3.18. The average molecular weight is 295 g/mol. The summed E-state index contributed by atoms with van der Waals surface area (Å²) in [5.74, 6) is 0.584. The van der Waals surface area contributed by atoms with Crippen molar-refractivity contribution in [3.8, 4) is 5.75 Å². The van der Waals surface area contributed by atoms with Gasteiger partial charge in [0, 0.05) is 0 Å². The fraction of sp³-hybridized carbons (Fsp3) is 0.167. The molecule has 0 radical (unpaired) electrons. The van der Waals surface area contributed by atoms with E-state index in [0.717, 1.165) is 6.20 Å². The summed E-state index contributed by atoms with van der Waals surface area (Å²) < 4.78 is 5.43. The van der Waals surface area contributed by atoms with Crippen LogP contribution in [0.25, 0.3) is 0 Å². The number of hydrogen-bond donors (Lipinski definition) is 1. The molecule has 20 heavy (non-hydrogen) atoms. The summed E-state index contributed by atoms with van der Waals surface area (Å²) in [5, 5.41) is 13.7. The Balaban J connectivity index is 2.39. The lowest BCUT2D eigenvalue weighted by Gasteiger charge is -2.11. The fourth-order valence-corrected chi connectivity index (χ4v) is 1.69. The number of halogens is 1. The Morgan fingerprint density at radius 2 is 2.20 bits per heavy atom. The van der Waals surface area contributed by atoms with Crippen LogP contribution in [0.3, 0.4) is 0 Å². The molecule has 2 rings (SSSR count). The van der Waals surface area contributed by atoms with E-state index in [0.29, 0.717) is 18.0 Å². The molecule has 1 aromatic carbocycles. The van der Waals surface area contributed by atoms with Gasteiger partial charge >= 0.3 is 5.69 Å². The summed E-state index contributed by atoms with van der Waals surface area (Å²) in [6, 6.07) is 7.06. The Hall–Kier alpha value is -2.41. The number of hydrogen-bond acceptors (Lipinski definition) is 6. The first-order valence-corrected chi connectivity index (χ1v) is 6.15. The Kier molecular flexibility index (Phi) is 4.31. The summed E-state index contributed by atoms with van der Waals surface area (Å²) >= 11 is 5.67. The second kappa shape index (κ2) is 6.16. The molecule has 1 heterocycles. The minimum absolute atomic E-state index is 0.0159. The summed E-state index contributed by atoms with van der Waals surface area (Å²) in [6.07, 6.45) is 1.06. The minimum atomic E-state index is -0.581. The van der Waals surface area contributed by atoms with Crippen LogP contribution in [0.15, 0.2) is 30.5 Å². The number of nitrogens with one attached hydrogen (secondary N) is 1. The fourth-order valence-electron chi connectivity index (χ4n) is 1.56. The molecule has 0 spiro atoms. The molecule has 0 saturated heterocycles. The number of anilines is 2. The van der Waals surface area contributed by atoms with Gasteiger partial charge < -0.3 is 10.1 Å². The normalized spacial score (nSPS) is 10.1. The maximum absolute atomic E-state index is 10.9. The third-order valence-corrected chi connectivity index (χ3v) is 2.56. The number of benzene rings is 1. The lowest BCUT2D eigenvalue weighted by atomic mass is 10.3. The number of aromatic nitrogens is 2. The zero-order chi connectivity index (χ0) is 14.5. The molecule has 1 aromatic heterocycles. The van der Waals surface area contributed by atoms with Gasteiger partial charge in [-0.15, -0.1) is 0 Å². The summed E-state index contributed by atoms with van der Waals surface area (Å²) in [6.45, 7) is 2.33. The smallest absolute Gasteiger partial charge is 0.329 e. The van der Waals surface area contributed by atoms with Crippen molar-refractivity contribution in [2.24, 2.45) is 0 Å². The van der Waals surface area contributed by atoms with Crippen molar-refractivity contribution in [1.29, 1.82) is 0 Å². The molecular formula is C12H11ClN4O3. The lowest BCUT2D eigenvalue weighted by Crippen LogP contribution is -2.03. The third kappa shape index (κ3) is 3.12. The highest BCUT2D eigenvalue weighted by molar-refractivity contribution is 6.28. The molecule has 2 aromatic rings. The standard InChI is InChI=1S/C12H11ClN4O3/c1-2-20-10-6-4-3-5-8(10)15-11-9(17(18)19)7-14-12(13)16-11/h3-7H,2H2,1H3,(H,14,15,16). The van der Waals surface area contributed by atoms with Gasteiger partial charge in [0.15, 0.2) is 0 Å². The monoisotopic (exact) mass is 294 g/mol. The first-order chi connectivity index (χ1) is 9.61. The largest absolute Gasteiger partial charge is 0.492 e. The molecule has 104 valence electrons. The van der Waals surface area contributed by atoms with Crippen LogP contribution in [-0.4, -0.2) is 21.5 Å². The quantitative estimate of drug-likeness (QED) is 0.517. The Morgan fingerprint density at radius 3 is 2.90 bits per heavy atom. The van der Waals surface area contributed by atoms with Crippen molar-refractivity contribution >= 4 is 28.8 Å². The molecular weight excluding hydrogens is 284 g/mol. The Labute approximate surface area is 119 Å². The van der Waals surface area contributed by atoms with Crippen LogP contribution < -0.4 is 10.1 Å². The van der Waals surface area contributed by atoms with Crippen LogP contribution in [0.4, 0.5) is 17.2 Å². The van der Waals surface area contributed by atoms with Crippen LogP contribution in [0.1, 0.15) is 6.92 Å². The highest BCUT2D eigenvalue weighted by Gasteiger charge is 2.18. The second-order valence-electron chi connectivity index (χ2n) is 3.68. The van der Waals surface area contributed by atoms with Crippen molar-refractivity contribution in [3.63, 3.8) is 0 Å². The van der Waals surface area contributed by atoms with Gasteiger partial charge in [-0.1, -0.05) is 12.1 Å². The Morgan fingerprint density at radius 1 is 1.45 bits per heavy atom. The van der Waals surface area contributed by atoms with Gasteiger partial charge in [-0.3, -0.25) is 10.1 Å². The predicted molar refractivity (Wildman–Crippen MR) is 74.6 cm³/mol. The first kappa shape index (κ1) is 14.0. The maximum atomic E-state index is 10.9. The van der Waals surface area contributed by atoms with Crippen molar-refractivity contribution in [2.45, 2.75) is 6.92 Å². The van der Waals surface area contributed by atoms with Gasteiger partial charge in [0.25, 0.3) is 0 Å². The molecule has 7 nitrogen and oxygen atoms in total. The van der Waals surface area contributed by atoms with E-state index in [1.165, 1.54) is 0 Å². The number of rotatable bonds is 5. The molecule has 0 fully saturated rings. The van der Waals surface area contributed by atoms with E-state index in [-0.39, 0.29) is 16.8 Å². The molecule has 0 aliphatic carbocycles. The molecule has 0 saturated carbocycles. The number of nitro groups is 1. The van der Waals surface area contributed by atoms with Crippen molar-refractivity contribution in [2.75, 3.05) is 11.9 Å². The van der Waals surface area contributed by atoms with Crippen LogP contribution in [0.5, 0.6) is 5.75 Å². The van der Waals surface area contributed by atoms with E-state index >= 15 is 0 Å². The zero-order valence-electron chi connectivity index (χ0n) is 10.5. The van der Waals surface area contributed by atoms with Crippen LogP contribution in [0, 0.1) is 10.1 Å². The van der Waals surface area contributed by atoms with Gasteiger partial charge in [-0.05, 0) is 30.7 Å². The van der Waals surface area contributed by atoms with Crippen molar-refractivity contribution in [1.82, 2.24) is 9.97 Å². The molecule has 8 heteroatoms.